The molecule has 1 heterocycles. The van der Waals surface area contributed by atoms with E-state index in [2.05, 4.69) is 15.3 Å². The maximum Gasteiger partial charge on any atom is 0.357 e. The first-order valence-electron chi connectivity index (χ1n) is 8.40. The van der Waals surface area contributed by atoms with Crippen LogP contribution < -0.4 is 5.01 Å². The maximum atomic E-state index is 12.8. The summed E-state index contributed by atoms with van der Waals surface area (Å²) in [5, 5.41) is 22.0. The molecule has 1 N–H and O–H groups in total. The zero-order chi connectivity index (χ0) is 20.1. The van der Waals surface area contributed by atoms with Crippen molar-refractivity contribution >= 4 is 34.9 Å². The Bertz CT molecular complexity index is 954. The number of ether oxygens (including phenoxy) is 1. The quantitative estimate of drug-likeness (QED) is 0.610. The molecule has 142 valence electrons. The predicted molar refractivity (Wildman–Crippen MR) is 99.7 cm³/mol. The summed E-state index contributed by atoms with van der Waals surface area (Å²) >= 11 is 0. The fourth-order valence-electron chi connectivity index (χ4n) is 2.46. The number of hydrogen-bond acceptors (Lipinski definition) is 7. The van der Waals surface area contributed by atoms with Crippen molar-refractivity contribution in [2.75, 3.05) is 11.6 Å². The van der Waals surface area contributed by atoms with Gasteiger partial charge in [-0.05, 0) is 43.3 Å². The lowest BCUT2D eigenvalue weighted by Crippen LogP contribution is -2.33. The van der Waals surface area contributed by atoms with Crippen LogP contribution in [0.4, 0.5) is 11.4 Å². The highest BCUT2D eigenvalue weighted by Gasteiger charge is 2.41. The van der Waals surface area contributed by atoms with Gasteiger partial charge in [-0.1, -0.05) is 18.2 Å². The Labute approximate surface area is 160 Å². The third-order valence-corrected chi connectivity index (χ3v) is 3.80. The molecule has 1 aliphatic rings. The van der Waals surface area contributed by atoms with Crippen molar-refractivity contribution < 1.29 is 24.2 Å². The fourth-order valence-corrected chi connectivity index (χ4v) is 2.46. The number of para-hydroxylation sites is 1. The smallest absolute Gasteiger partial charge is 0.357 e. The van der Waals surface area contributed by atoms with Gasteiger partial charge in [0.2, 0.25) is 6.04 Å². The van der Waals surface area contributed by atoms with Gasteiger partial charge in [0.15, 0.2) is 5.71 Å². The number of amides is 1. The Morgan fingerprint density at radius 3 is 2.43 bits per heavy atom. The number of rotatable bonds is 6. The minimum Gasteiger partial charge on any atom is -0.478 e. The van der Waals surface area contributed by atoms with Crippen LogP contribution >= 0.6 is 0 Å². The first-order valence-corrected chi connectivity index (χ1v) is 8.40. The number of hydrogen-bond donors (Lipinski definition) is 1. The lowest BCUT2D eigenvalue weighted by molar-refractivity contribution is -0.135. The molecular formula is C19H16N4O5. The Balaban J connectivity index is 1.88. The molecule has 2 aromatic carbocycles. The van der Waals surface area contributed by atoms with Gasteiger partial charge in [-0.25, -0.2) is 9.59 Å². The number of benzene rings is 2. The third kappa shape index (κ3) is 3.93. The van der Waals surface area contributed by atoms with Gasteiger partial charge < -0.3 is 9.84 Å². The third-order valence-electron chi connectivity index (χ3n) is 3.80. The standard InChI is InChI=1S/C19H16N4O5/c1-2-28-19(27)16-15(17(24)23(22-16)14-6-4-3-5-7-14)21-20-13-10-8-12(9-11-13)18(25)26/h3-11,15H,2H2,1H3,(H,25,26). The number of carboxylic acid groups (broad SMARTS) is 1. The van der Waals surface area contributed by atoms with Gasteiger partial charge in [0.1, 0.15) is 0 Å². The summed E-state index contributed by atoms with van der Waals surface area (Å²) in [5.74, 6) is -2.36. The minimum atomic E-state index is -1.25. The van der Waals surface area contributed by atoms with Gasteiger partial charge in [-0.15, -0.1) is 0 Å². The summed E-state index contributed by atoms with van der Waals surface area (Å²) in [6.07, 6.45) is 0. The van der Waals surface area contributed by atoms with Crippen LogP contribution in [0.5, 0.6) is 0 Å². The summed E-state index contributed by atoms with van der Waals surface area (Å²) < 4.78 is 4.97. The SMILES string of the molecule is CCOC(=O)C1=NN(c2ccccc2)C(=O)C1N=Nc1ccc(C(=O)O)cc1. The van der Waals surface area contributed by atoms with Gasteiger partial charge in [-0.2, -0.15) is 20.3 Å². The maximum absolute atomic E-state index is 12.8. The number of azo groups is 1. The molecule has 1 unspecified atom stereocenters. The van der Waals surface area contributed by atoms with Crippen molar-refractivity contribution in [3.05, 3.63) is 60.2 Å². The van der Waals surface area contributed by atoms with E-state index in [9.17, 15) is 14.4 Å². The van der Waals surface area contributed by atoms with Crippen LogP contribution in [-0.2, 0) is 14.3 Å². The monoisotopic (exact) mass is 380 g/mol. The van der Waals surface area contributed by atoms with E-state index in [1.165, 1.54) is 24.3 Å². The summed E-state index contributed by atoms with van der Waals surface area (Å²) in [5.41, 5.74) is 0.749. The van der Waals surface area contributed by atoms with E-state index < -0.39 is 23.9 Å². The molecule has 0 bridgehead atoms. The second-order valence-electron chi connectivity index (χ2n) is 5.66. The largest absolute Gasteiger partial charge is 0.478 e. The Kier molecular flexibility index (Phi) is 5.54. The number of carbonyl (C=O) groups is 3. The summed E-state index contributed by atoms with van der Waals surface area (Å²) in [6.45, 7) is 1.77. The number of anilines is 1. The molecule has 0 aliphatic carbocycles. The van der Waals surface area contributed by atoms with Gasteiger partial charge in [0.05, 0.1) is 23.5 Å². The topological polar surface area (TPSA) is 121 Å². The molecule has 0 saturated heterocycles. The van der Waals surface area contributed by atoms with Gasteiger partial charge in [-0.3, -0.25) is 4.79 Å². The van der Waals surface area contributed by atoms with Crippen LogP contribution in [0, 0.1) is 0 Å². The summed E-state index contributed by atoms with van der Waals surface area (Å²) in [7, 11) is 0. The molecule has 28 heavy (non-hydrogen) atoms. The molecule has 0 spiro atoms. The molecule has 1 aliphatic heterocycles. The Morgan fingerprint density at radius 2 is 1.82 bits per heavy atom. The van der Waals surface area contributed by atoms with Crippen molar-refractivity contribution in [3.63, 3.8) is 0 Å². The molecule has 1 atom stereocenters. The number of nitrogens with zero attached hydrogens (tertiary/aromatic N) is 4. The van der Waals surface area contributed by atoms with E-state index in [4.69, 9.17) is 9.84 Å². The van der Waals surface area contributed by atoms with Crippen molar-refractivity contribution in [1.82, 2.24) is 0 Å². The van der Waals surface area contributed by atoms with Crippen molar-refractivity contribution in [3.8, 4) is 0 Å². The summed E-state index contributed by atoms with van der Waals surface area (Å²) in [6, 6.07) is 13.0. The molecule has 2 aromatic rings. The van der Waals surface area contributed by atoms with E-state index in [1.807, 2.05) is 0 Å². The van der Waals surface area contributed by atoms with E-state index in [0.29, 0.717) is 11.4 Å². The highest BCUT2D eigenvalue weighted by atomic mass is 16.5. The zero-order valence-electron chi connectivity index (χ0n) is 14.8. The van der Waals surface area contributed by atoms with Crippen LogP contribution in [0.3, 0.4) is 0 Å². The van der Waals surface area contributed by atoms with Gasteiger partial charge in [0.25, 0.3) is 5.91 Å². The van der Waals surface area contributed by atoms with Crippen LogP contribution in [0.15, 0.2) is 69.9 Å². The molecule has 9 nitrogen and oxygen atoms in total. The van der Waals surface area contributed by atoms with Gasteiger partial charge >= 0.3 is 11.9 Å². The average molecular weight is 380 g/mol. The normalized spacial score (nSPS) is 16.3. The van der Waals surface area contributed by atoms with Crippen LogP contribution in [-0.4, -0.2) is 41.3 Å². The number of carbonyl (C=O) groups excluding carboxylic acids is 2. The van der Waals surface area contributed by atoms with E-state index in [0.717, 1.165) is 5.01 Å². The molecule has 0 fully saturated rings. The summed E-state index contributed by atoms with van der Waals surface area (Å²) in [4.78, 5) is 35.9. The second-order valence-corrected chi connectivity index (χ2v) is 5.66. The van der Waals surface area contributed by atoms with Crippen LogP contribution in [0.25, 0.3) is 0 Å². The second kappa shape index (κ2) is 8.21. The number of esters is 1. The Morgan fingerprint density at radius 1 is 1.14 bits per heavy atom. The first-order chi connectivity index (χ1) is 13.5. The van der Waals surface area contributed by atoms with Crippen LogP contribution in [0.1, 0.15) is 17.3 Å². The van der Waals surface area contributed by atoms with Crippen molar-refractivity contribution in [2.45, 2.75) is 13.0 Å². The fraction of sp³-hybridized carbons (Fsp3) is 0.158. The molecule has 0 saturated carbocycles. The van der Waals surface area contributed by atoms with E-state index >= 15 is 0 Å². The average Bonchev–Trinajstić information content (AvgIpc) is 3.04. The number of hydrazone groups is 1. The molecule has 9 heteroatoms. The lowest BCUT2D eigenvalue weighted by atomic mass is 10.2. The van der Waals surface area contributed by atoms with E-state index in [1.54, 1.807) is 37.3 Å². The van der Waals surface area contributed by atoms with Crippen molar-refractivity contribution in [1.29, 1.82) is 0 Å². The first kappa shape index (κ1) is 18.9. The highest BCUT2D eigenvalue weighted by Crippen LogP contribution is 2.24. The zero-order valence-corrected chi connectivity index (χ0v) is 14.8. The van der Waals surface area contributed by atoms with Crippen LogP contribution in [0.2, 0.25) is 0 Å². The minimum absolute atomic E-state index is 0.0971. The molecule has 3 rings (SSSR count). The molecule has 0 aromatic heterocycles. The number of aromatic carboxylic acids is 1. The Hall–Kier alpha value is -3.88. The molecule has 0 radical (unpaired) electrons. The highest BCUT2D eigenvalue weighted by molar-refractivity contribution is 6.46. The number of carboxylic acids is 1. The molecular weight excluding hydrogens is 364 g/mol. The molecule has 1 amide bonds. The van der Waals surface area contributed by atoms with E-state index in [-0.39, 0.29) is 17.9 Å². The van der Waals surface area contributed by atoms with Crippen molar-refractivity contribution in [2.24, 2.45) is 15.3 Å². The predicted octanol–water partition coefficient (Wildman–Crippen LogP) is 2.80. The lowest BCUT2D eigenvalue weighted by Gasteiger charge is -2.11. The van der Waals surface area contributed by atoms with Gasteiger partial charge in [0, 0.05) is 0 Å².